The maximum atomic E-state index is 2.29. The van der Waals surface area contributed by atoms with Gasteiger partial charge in [-0.15, -0.1) is 0 Å². The quantitative estimate of drug-likeness (QED) is 0.498. The molecule has 0 heterocycles. The van der Waals surface area contributed by atoms with Crippen LogP contribution in [0.4, 0.5) is 0 Å². The third kappa shape index (κ3) is 5.21. The van der Waals surface area contributed by atoms with Gasteiger partial charge in [0.05, 0.1) is 0 Å². The summed E-state index contributed by atoms with van der Waals surface area (Å²) in [6.45, 7) is 11.0. The predicted octanol–water partition coefficient (Wildman–Crippen LogP) is 5.74. The fraction of sp³-hybridized carbons (Fsp3) is 0.529. The van der Waals surface area contributed by atoms with Gasteiger partial charge in [-0.05, 0) is 60.3 Å². The van der Waals surface area contributed by atoms with Crippen LogP contribution < -0.4 is 0 Å². The first-order valence-electron chi connectivity index (χ1n) is 6.65. The van der Waals surface area contributed by atoms with Crippen LogP contribution in [-0.2, 0) is 0 Å². The number of rotatable bonds is 0. The monoisotopic (exact) mass is 230 g/mol. The van der Waals surface area contributed by atoms with E-state index < -0.39 is 0 Å². The van der Waals surface area contributed by atoms with Gasteiger partial charge in [-0.1, -0.05) is 46.1 Å². The summed E-state index contributed by atoms with van der Waals surface area (Å²) in [5.74, 6) is 0. The molecule has 17 heavy (non-hydrogen) atoms. The summed E-state index contributed by atoms with van der Waals surface area (Å²) in [7, 11) is 0. The molecule has 0 bridgehead atoms. The second-order valence-corrected chi connectivity index (χ2v) is 5.48. The highest BCUT2D eigenvalue weighted by molar-refractivity contribution is 5.29. The molecule has 0 aromatic heterocycles. The molecule has 0 amide bonds. The molecule has 0 heteroatoms. The van der Waals surface area contributed by atoms with Gasteiger partial charge in [-0.25, -0.2) is 0 Å². The van der Waals surface area contributed by atoms with Crippen molar-refractivity contribution in [1.82, 2.24) is 0 Å². The van der Waals surface area contributed by atoms with E-state index in [0.717, 1.165) is 0 Å². The number of hydrogen-bond acceptors (Lipinski definition) is 0. The van der Waals surface area contributed by atoms with Crippen molar-refractivity contribution in [3.8, 4) is 0 Å². The van der Waals surface area contributed by atoms with E-state index in [1.54, 1.807) is 5.57 Å². The Morgan fingerprint density at radius 3 is 1.47 bits per heavy atom. The largest absolute Gasteiger partial charge is 0.0730 e. The van der Waals surface area contributed by atoms with Crippen LogP contribution in [0.15, 0.2) is 46.1 Å². The van der Waals surface area contributed by atoms with Crippen LogP contribution in [0.2, 0.25) is 0 Å². The summed E-state index contributed by atoms with van der Waals surface area (Å²) in [6.07, 6.45) is 11.8. The Bertz CT molecular complexity index is 368. The Labute approximate surface area is 107 Å². The maximum Gasteiger partial charge on any atom is -0.0280 e. The van der Waals surface area contributed by atoms with Crippen molar-refractivity contribution in [3.63, 3.8) is 0 Å². The molecule has 0 aromatic rings. The second kappa shape index (κ2) is 6.64. The molecule has 0 nitrogen and oxygen atoms in total. The molecule has 0 spiro atoms. The molecule has 0 saturated carbocycles. The van der Waals surface area contributed by atoms with Gasteiger partial charge in [0, 0.05) is 0 Å². The van der Waals surface area contributed by atoms with Crippen LogP contribution >= 0.6 is 0 Å². The SMILES string of the molecule is CC1=CC(C)=C(C)CC1.CC1=CC=C(C)CC1. The van der Waals surface area contributed by atoms with Crippen LogP contribution in [0.1, 0.15) is 60.3 Å². The molecule has 94 valence electrons. The highest BCUT2D eigenvalue weighted by Crippen LogP contribution is 2.22. The Hall–Kier alpha value is -1.04. The summed E-state index contributed by atoms with van der Waals surface area (Å²) in [5, 5.41) is 0. The first kappa shape index (κ1) is 14.0. The lowest BCUT2D eigenvalue weighted by Crippen LogP contribution is -1.91. The van der Waals surface area contributed by atoms with Gasteiger partial charge in [-0.3, -0.25) is 0 Å². The van der Waals surface area contributed by atoms with E-state index in [-0.39, 0.29) is 0 Å². The Morgan fingerprint density at radius 2 is 1.12 bits per heavy atom. The summed E-state index contributed by atoms with van der Waals surface area (Å²) in [4.78, 5) is 0. The van der Waals surface area contributed by atoms with E-state index in [0.29, 0.717) is 0 Å². The molecule has 2 rings (SSSR count). The van der Waals surface area contributed by atoms with Gasteiger partial charge in [0.25, 0.3) is 0 Å². The number of hydrogen-bond donors (Lipinski definition) is 0. The number of allylic oxidation sites excluding steroid dienone is 8. The highest BCUT2D eigenvalue weighted by Gasteiger charge is 2.01. The van der Waals surface area contributed by atoms with Crippen molar-refractivity contribution < 1.29 is 0 Å². The average Bonchev–Trinajstić information content (AvgIpc) is 2.29. The third-order valence-electron chi connectivity index (χ3n) is 3.60. The topological polar surface area (TPSA) is 0 Å². The summed E-state index contributed by atoms with van der Waals surface area (Å²) in [5.41, 5.74) is 7.57. The molecule has 0 aliphatic heterocycles. The molecule has 0 unspecified atom stereocenters. The highest BCUT2D eigenvalue weighted by atomic mass is 14.1. The normalized spacial score (nSPS) is 19.9. The van der Waals surface area contributed by atoms with E-state index in [4.69, 9.17) is 0 Å². The minimum Gasteiger partial charge on any atom is -0.0730 e. The Kier molecular flexibility index (Phi) is 5.47. The zero-order valence-electron chi connectivity index (χ0n) is 12.1. The minimum atomic E-state index is 1.27. The second-order valence-electron chi connectivity index (χ2n) is 5.48. The first-order chi connectivity index (χ1) is 7.99. The first-order valence-corrected chi connectivity index (χ1v) is 6.65. The van der Waals surface area contributed by atoms with Gasteiger partial charge >= 0.3 is 0 Å². The van der Waals surface area contributed by atoms with E-state index >= 15 is 0 Å². The zero-order valence-corrected chi connectivity index (χ0v) is 12.1. The van der Waals surface area contributed by atoms with Crippen LogP contribution in [0, 0.1) is 0 Å². The average molecular weight is 230 g/mol. The van der Waals surface area contributed by atoms with Crippen molar-refractivity contribution in [1.29, 1.82) is 0 Å². The smallest absolute Gasteiger partial charge is 0.0280 e. The molecule has 0 aromatic carbocycles. The fourth-order valence-corrected chi connectivity index (χ4v) is 1.99. The van der Waals surface area contributed by atoms with Crippen LogP contribution in [0.5, 0.6) is 0 Å². The van der Waals surface area contributed by atoms with E-state index in [9.17, 15) is 0 Å². The lowest BCUT2D eigenvalue weighted by atomic mass is 9.95. The Morgan fingerprint density at radius 1 is 0.647 bits per heavy atom. The van der Waals surface area contributed by atoms with E-state index in [1.165, 1.54) is 48.0 Å². The summed E-state index contributed by atoms with van der Waals surface area (Å²) in [6, 6.07) is 0. The van der Waals surface area contributed by atoms with Gasteiger partial charge in [0.2, 0.25) is 0 Å². The van der Waals surface area contributed by atoms with Crippen LogP contribution in [-0.4, -0.2) is 0 Å². The van der Waals surface area contributed by atoms with Gasteiger partial charge in [0.15, 0.2) is 0 Å². The predicted molar refractivity (Wildman–Crippen MR) is 78.1 cm³/mol. The fourth-order valence-electron chi connectivity index (χ4n) is 1.99. The van der Waals surface area contributed by atoms with Gasteiger partial charge in [-0.2, -0.15) is 0 Å². The van der Waals surface area contributed by atoms with E-state index in [2.05, 4.69) is 52.8 Å². The van der Waals surface area contributed by atoms with Crippen molar-refractivity contribution in [3.05, 3.63) is 46.1 Å². The molecule has 0 N–H and O–H groups in total. The third-order valence-corrected chi connectivity index (χ3v) is 3.60. The summed E-state index contributed by atoms with van der Waals surface area (Å²) >= 11 is 0. The van der Waals surface area contributed by atoms with E-state index in [1.807, 2.05) is 0 Å². The lowest BCUT2D eigenvalue weighted by molar-refractivity contribution is 0.887. The van der Waals surface area contributed by atoms with Gasteiger partial charge in [0.1, 0.15) is 0 Å². The molecule has 0 fully saturated rings. The van der Waals surface area contributed by atoms with Crippen LogP contribution in [0.3, 0.4) is 0 Å². The van der Waals surface area contributed by atoms with Gasteiger partial charge < -0.3 is 0 Å². The van der Waals surface area contributed by atoms with Crippen LogP contribution in [0.25, 0.3) is 0 Å². The standard InChI is InChI=1S/C9H14.C8H12/c1-7-4-5-8(2)9(3)6-7;1-7-3-5-8(2)6-4-7/h6H,4-5H2,1-3H3;3,5H,4,6H2,1-2H3. The molecule has 0 atom stereocenters. The van der Waals surface area contributed by atoms with Crippen molar-refractivity contribution in [2.75, 3.05) is 0 Å². The molecule has 2 aliphatic carbocycles. The maximum absolute atomic E-state index is 2.29. The Balaban J connectivity index is 0.000000171. The molecule has 0 saturated heterocycles. The molecule has 2 aliphatic rings. The molecular weight excluding hydrogens is 204 g/mol. The van der Waals surface area contributed by atoms with Crippen molar-refractivity contribution in [2.45, 2.75) is 60.3 Å². The van der Waals surface area contributed by atoms with Crippen molar-refractivity contribution in [2.24, 2.45) is 0 Å². The van der Waals surface area contributed by atoms with Crippen molar-refractivity contribution >= 4 is 0 Å². The molecular formula is C17H26. The molecule has 0 radical (unpaired) electrons. The zero-order chi connectivity index (χ0) is 12.8. The lowest BCUT2D eigenvalue weighted by Gasteiger charge is -2.11. The summed E-state index contributed by atoms with van der Waals surface area (Å²) < 4.78 is 0. The minimum absolute atomic E-state index is 1.27.